The van der Waals surface area contributed by atoms with Crippen molar-refractivity contribution < 1.29 is 26.9 Å². The third-order valence-electron chi connectivity index (χ3n) is 6.87. The first-order valence-corrected chi connectivity index (χ1v) is 13.2. The minimum atomic E-state index is -4.86. The van der Waals surface area contributed by atoms with Gasteiger partial charge in [0, 0.05) is 6.07 Å². The molecule has 1 aliphatic rings. The number of alkyl halides is 3. The number of aromatic nitrogens is 3. The zero-order valence-corrected chi connectivity index (χ0v) is 22.6. The van der Waals surface area contributed by atoms with Crippen LogP contribution >= 0.6 is 0 Å². The first-order valence-electron chi connectivity index (χ1n) is 13.2. The van der Waals surface area contributed by atoms with Gasteiger partial charge in [0.2, 0.25) is 0 Å². The third kappa shape index (κ3) is 6.28. The average Bonchev–Trinajstić information content (AvgIpc) is 3.55. The largest absolute Gasteiger partial charge is 0.435 e. The van der Waals surface area contributed by atoms with Gasteiger partial charge >= 0.3 is 6.18 Å². The van der Waals surface area contributed by atoms with Crippen LogP contribution in [0.4, 0.5) is 29.1 Å². The molecule has 218 valence electrons. The molecule has 2 aromatic carbocycles. The third-order valence-corrected chi connectivity index (χ3v) is 6.87. The normalized spacial score (nSPS) is 15.2. The monoisotopic (exact) mass is 580 g/mol. The van der Waals surface area contributed by atoms with E-state index in [0.29, 0.717) is 17.5 Å². The number of nitrogens with one attached hydrogen (secondary N) is 2. The van der Waals surface area contributed by atoms with Crippen molar-refractivity contribution in [2.75, 3.05) is 17.6 Å². The van der Waals surface area contributed by atoms with E-state index < -0.39 is 29.3 Å². The first kappa shape index (κ1) is 28.8. The number of carbonyl (C=O) groups is 1. The lowest BCUT2D eigenvalue weighted by Crippen LogP contribution is -2.25. The van der Waals surface area contributed by atoms with Crippen LogP contribution < -0.4 is 27.0 Å². The van der Waals surface area contributed by atoms with Crippen LogP contribution in [-0.4, -0.2) is 27.4 Å². The second-order valence-electron chi connectivity index (χ2n) is 9.98. The van der Waals surface area contributed by atoms with Gasteiger partial charge in [-0.1, -0.05) is 48.1 Å². The molecule has 0 radical (unpaired) electrons. The quantitative estimate of drug-likeness (QED) is 0.248. The number of allylic oxidation sites excluding steroid dienone is 1. The molecule has 1 fully saturated rings. The molecule has 1 unspecified atom stereocenters. The molecule has 1 saturated carbocycles. The summed E-state index contributed by atoms with van der Waals surface area (Å²) in [5, 5.41) is 13.4. The average molecular weight is 581 g/mol. The Balaban J connectivity index is 1.49. The molecule has 8 nitrogen and oxygen atoms in total. The van der Waals surface area contributed by atoms with Crippen molar-refractivity contribution in [3.05, 3.63) is 100 Å². The number of nitrogen functional groups attached to an aromatic ring is 1. The molecule has 0 saturated heterocycles. The molecule has 4 aromatic rings. The second kappa shape index (κ2) is 11.6. The van der Waals surface area contributed by atoms with Crippen LogP contribution in [0.5, 0.6) is 0 Å². The molecule has 2 aromatic heterocycles. The molecule has 42 heavy (non-hydrogen) atoms. The number of benzene rings is 2. The van der Waals surface area contributed by atoms with Crippen LogP contribution in [0.25, 0.3) is 17.8 Å². The van der Waals surface area contributed by atoms with E-state index in [1.165, 1.54) is 18.2 Å². The molecule has 0 spiro atoms. The van der Waals surface area contributed by atoms with Crippen molar-refractivity contribution in [2.45, 2.75) is 32.0 Å². The number of anilines is 2. The maximum absolute atomic E-state index is 15.0. The van der Waals surface area contributed by atoms with Crippen LogP contribution in [-0.2, 0) is 6.18 Å². The van der Waals surface area contributed by atoms with Crippen LogP contribution in [0.1, 0.15) is 53.1 Å². The maximum atomic E-state index is 15.0. The Morgan fingerprint density at radius 3 is 2.60 bits per heavy atom. The van der Waals surface area contributed by atoms with Crippen molar-refractivity contribution in [2.24, 2.45) is 5.92 Å². The molecule has 5 rings (SSSR count). The molecule has 12 heteroatoms. The van der Waals surface area contributed by atoms with Crippen molar-refractivity contribution in [3.63, 3.8) is 0 Å². The summed E-state index contributed by atoms with van der Waals surface area (Å²) >= 11 is 0. The number of carbonyl (C=O) groups excluding carboxylic acids is 1. The van der Waals surface area contributed by atoms with Crippen molar-refractivity contribution in [3.8, 4) is 0 Å². The lowest BCUT2D eigenvalue weighted by Gasteiger charge is -2.21. The number of nitrogens with two attached hydrogens (primary N) is 1. The predicted octanol–water partition coefficient (Wildman–Crippen LogP) is 4.70. The predicted molar refractivity (Wildman–Crippen MR) is 151 cm³/mol. The van der Waals surface area contributed by atoms with Gasteiger partial charge in [0.1, 0.15) is 11.5 Å². The van der Waals surface area contributed by atoms with Gasteiger partial charge in [-0.3, -0.25) is 4.79 Å². The number of hydrogen-bond donors (Lipinski definition) is 3. The summed E-state index contributed by atoms with van der Waals surface area (Å²) in [6.45, 7) is 6.19. The fraction of sp³-hybridized carbons (Fsp3) is 0.233. The topological polar surface area (TPSA) is 111 Å². The Hall–Kier alpha value is -4.71. The van der Waals surface area contributed by atoms with Crippen molar-refractivity contribution in [1.82, 2.24) is 20.3 Å². The van der Waals surface area contributed by atoms with Gasteiger partial charge in [-0.2, -0.15) is 18.3 Å². The Bertz CT molecular complexity index is 1740. The lowest BCUT2D eigenvalue weighted by molar-refractivity contribution is -0.141. The summed E-state index contributed by atoms with van der Waals surface area (Å²) in [5.74, 6) is -1.23. The minimum Gasteiger partial charge on any atom is -0.380 e. The van der Waals surface area contributed by atoms with Crippen molar-refractivity contribution in [1.29, 1.82) is 0 Å². The van der Waals surface area contributed by atoms with Gasteiger partial charge in [-0.05, 0) is 67.6 Å². The number of amides is 1. The SMILES string of the molecule is C=C(/C=c1/c(N)no/c1=C/C)n1nc(C(F)(F)F)cc1C(=O)Nc1cc(C(NCC2CC2)c2ccccc2)ccc1F. The van der Waals surface area contributed by atoms with E-state index >= 15 is 0 Å². The summed E-state index contributed by atoms with van der Waals surface area (Å²) < 4.78 is 61.7. The molecule has 0 aliphatic heterocycles. The number of rotatable bonds is 9. The molecule has 1 atom stereocenters. The number of halogens is 4. The van der Waals surface area contributed by atoms with Crippen LogP contribution in [0, 0.1) is 11.7 Å². The highest BCUT2D eigenvalue weighted by atomic mass is 19.4. The van der Waals surface area contributed by atoms with Crippen LogP contribution in [0.15, 0.2) is 65.7 Å². The van der Waals surface area contributed by atoms with E-state index in [2.05, 4.69) is 27.5 Å². The fourth-order valence-corrected chi connectivity index (χ4v) is 4.49. The Morgan fingerprint density at radius 1 is 1.19 bits per heavy atom. The zero-order chi connectivity index (χ0) is 30.0. The minimum absolute atomic E-state index is 0.0272. The molecular formula is C30H28F4N6O2. The highest BCUT2D eigenvalue weighted by Gasteiger charge is 2.36. The van der Waals surface area contributed by atoms with Gasteiger partial charge in [-0.15, -0.1) is 0 Å². The van der Waals surface area contributed by atoms with Gasteiger partial charge in [0.25, 0.3) is 5.91 Å². The molecule has 0 bridgehead atoms. The number of nitrogens with zero attached hydrogens (tertiary/aromatic N) is 3. The highest BCUT2D eigenvalue weighted by molar-refractivity contribution is 6.04. The second-order valence-corrected chi connectivity index (χ2v) is 9.98. The summed E-state index contributed by atoms with van der Waals surface area (Å²) in [6, 6.07) is 14.1. The van der Waals surface area contributed by atoms with Crippen LogP contribution in [0.3, 0.4) is 0 Å². The molecular weight excluding hydrogens is 552 g/mol. The van der Waals surface area contributed by atoms with Gasteiger partial charge in [-0.25, -0.2) is 9.07 Å². The number of hydrogen-bond acceptors (Lipinski definition) is 6. The first-order chi connectivity index (χ1) is 20.0. The van der Waals surface area contributed by atoms with Gasteiger partial charge < -0.3 is 20.9 Å². The molecule has 4 N–H and O–H groups in total. The molecule has 1 amide bonds. The van der Waals surface area contributed by atoms with Gasteiger partial charge in [0.05, 0.1) is 22.6 Å². The van der Waals surface area contributed by atoms with Gasteiger partial charge in [0.15, 0.2) is 16.9 Å². The summed E-state index contributed by atoms with van der Waals surface area (Å²) in [6.07, 6.45) is 0.260. The van der Waals surface area contributed by atoms with E-state index in [0.717, 1.165) is 29.6 Å². The standard InChI is InChI=1S/C30H28F4N6O2/c1-3-25-21(28(35)39-42-25)13-17(2)40-24(15-26(38-40)30(32,33)34)29(41)37-23-14-20(11-12-22(23)31)27(36-16-18-9-10-18)19-7-5-4-6-8-19/h3-8,11-15,18,27,36H,2,9-10,16H2,1H3,(H2,35,39)(H,37,41)/b21-13+,25-3+. The smallest absolute Gasteiger partial charge is 0.380 e. The van der Waals surface area contributed by atoms with Crippen LogP contribution in [0.2, 0.25) is 0 Å². The summed E-state index contributed by atoms with van der Waals surface area (Å²) in [7, 11) is 0. The van der Waals surface area contributed by atoms with E-state index in [4.69, 9.17) is 10.3 Å². The zero-order valence-electron chi connectivity index (χ0n) is 22.6. The Morgan fingerprint density at radius 2 is 1.93 bits per heavy atom. The van der Waals surface area contributed by atoms with E-state index in [-0.39, 0.29) is 33.9 Å². The molecule has 1 aliphatic carbocycles. The van der Waals surface area contributed by atoms with Crippen molar-refractivity contribution >= 4 is 35.3 Å². The Kier molecular flexibility index (Phi) is 7.99. The fourth-order valence-electron chi connectivity index (χ4n) is 4.49. The summed E-state index contributed by atoms with van der Waals surface area (Å²) in [5.41, 5.74) is 5.52. The molecule has 2 heterocycles. The maximum Gasteiger partial charge on any atom is 0.435 e. The van der Waals surface area contributed by atoms with E-state index in [9.17, 15) is 22.4 Å². The lowest BCUT2D eigenvalue weighted by atomic mass is 9.97. The van der Waals surface area contributed by atoms with E-state index in [1.54, 1.807) is 19.1 Å². The van der Waals surface area contributed by atoms with E-state index in [1.807, 2.05) is 30.3 Å². The summed E-state index contributed by atoms with van der Waals surface area (Å²) in [4.78, 5) is 13.4. The Labute approximate surface area is 238 Å². The highest BCUT2D eigenvalue weighted by Crippen LogP contribution is 2.32.